The van der Waals surface area contributed by atoms with Crippen LogP contribution in [-0.4, -0.2) is 37.6 Å². The number of benzene rings is 15. The molecule has 0 amide bonds. The van der Waals surface area contributed by atoms with Gasteiger partial charge < -0.3 is 27.4 Å². The summed E-state index contributed by atoms with van der Waals surface area (Å²) in [6, 6.07) is 129. The van der Waals surface area contributed by atoms with Crippen molar-refractivity contribution in [3.63, 3.8) is 0 Å². The largest absolute Gasteiger partial charge is 0.309 e. The van der Waals surface area contributed by atoms with Crippen LogP contribution in [0.3, 0.4) is 0 Å². The van der Waals surface area contributed by atoms with E-state index in [2.05, 4.69) is 373 Å². The Hall–Kier alpha value is -12.7. The smallest absolute Gasteiger partial charge is 0.0541 e. The molecule has 0 aliphatic heterocycles. The van der Waals surface area contributed by atoms with Crippen molar-refractivity contribution in [1.29, 1.82) is 0 Å². The number of hydrogen-bond acceptors (Lipinski definition) is 0. The van der Waals surface area contributed by atoms with Gasteiger partial charge in [0.05, 0.1) is 76.4 Å². The summed E-state index contributed by atoms with van der Waals surface area (Å²) >= 11 is 0. The summed E-state index contributed by atoms with van der Waals surface area (Å²) in [5.41, 5.74) is 22.8. The van der Waals surface area contributed by atoms with Crippen molar-refractivity contribution in [3.05, 3.63) is 362 Å². The number of para-hydroxylation sites is 12. The van der Waals surface area contributed by atoms with Gasteiger partial charge in [0.25, 0.3) is 0 Å². The summed E-state index contributed by atoms with van der Waals surface area (Å²) in [6.45, 7) is 0. The van der Waals surface area contributed by atoms with E-state index in [0.29, 0.717) is 0 Å². The first kappa shape index (κ1) is 54.7. The van der Waals surface area contributed by atoms with Crippen molar-refractivity contribution < 1.29 is 0 Å². The highest BCUT2D eigenvalue weighted by Gasteiger charge is 2.36. The third-order valence-corrected chi connectivity index (χ3v) is 21.9. The van der Waals surface area contributed by atoms with Gasteiger partial charge >= 0.3 is 0 Å². The van der Waals surface area contributed by atoms with Crippen LogP contribution in [0.2, 0.25) is 0 Å². The van der Waals surface area contributed by atoms with Crippen LogP contribution in [0, 0.1) is 0 Å². The van der Waals surface area contributed by atoms with Gasteiger partial charge in [-0.05, 0) is 144 Å². The van der Waals surface area contributed by atoms with Crippen LogP contribution in [0.15, 0.2) is 346 Å². The summed E-state index contributed by atoms with van der Waals surface area (Å²) in [5.74, 6) is 0. The molecule has 7 heteroatoms. The lowest BCUT2D eigenvalue weighted by molar-refractivity contribution is 0.862. The number of hydrogen-bond donors (Lipinski definition) is 0. The molecule has 0 aliphatic carbocycles. The first-order valence-corrected chi connectivity index (χ1v) is 34.1. The van der Waals surface area contributed by atoms with E-state index < -0.39 is 5.04 Å². The number of fused-ring (bicyclic) bond motifs is 18. The molecule has 15 aromatic carbocycles. The van der Waals surface area contributed by atoms with Crippen molar-refractivity contribution in [3.8, 4) is 34.1 Å². The van der Waals surface area contributed by atoms with Crippen LogP contribution < -0.4 is 0 Å². The molecule has 21 rings (SSSR count). The zero-order chi connectivity index (χ0) is 64.3. The zero-order valence-electron chi connectivity index (χ0n) is 53.1. The SMILES string of the molecule is [Si]C(c1cc(-n2c3ccccc3c3ccccc32)cc(-n2c3ccccc3c3ccccc32)c1)(c1cc(-n2c3ccccc3c3ccccc32)cc(-n2c3ccccc3c3ccccc32)c1)c1cc(-n2c3ccccc3c3ccccc32)cc(-n2c3ccccc3c3ccccc32)c1. The van der Waals surface area contributed by atoms with E-state index in [1.54, 1.807) is 0 Å². The molecule has 0 spiro atoms. The minimum Gasteiger partial charge on any atom is -0.309 e. The minimum atomic E-state index is -1.19. The normalized spacial score (nSPS) is 12.3. The fourth-order valence-electron chi connectivity index (χ4n) is 16.9. The highest BCUT2D eigenvalue weighted by Crippen LogP contribution is 2.48. The molecule has 98 heavy (non-hydrogen) atoms. The summed E-state index contributed by atoms with van der Waals surface area (Å²) in [5, 5.41) is 13.2. The van der Waals surface area contributed by atoms with Gasteiger partial charge in [-0.2, -0.15) is 0 Å². The standard InChI is InChI=1S/C91H57N6Si/c98-91(58-49-61(92-79-37-13-1-25-67(79)68-26-2-14-38-80(68)92)55-62(50-58)93-81-39-15-3-27-69(81)70-28-4-16-40-82(70)93,59-51-63(94-83-41-17-5-29-71(83)72-30-6-18-42-84(72)94)56-64(52-59)95-85-43-19-7-31-73(85)74-32-8-20-44-86(74)95)60-53-65(96-87-45-21-9-33-75(87)76-34-10-22-46-88(76)96)57-66(54-60)97-89-47-23-11-35-77(89)78-36-12-24-48-90(78)97/h1-57H. The average molecular weight is 1260 g/mol. The van der Waals surface area contributed by atoms with Gasteiger partial charge in [-0.1, -0.05) is 218 Å². The van der Waals surface area contributed by atoms with Gasteiger partial charge in [0.15, 0.2) is 0 Å². The fourth-order valence-corrected chi connectivity index (χ4v) is 17.3. The van der Waals surface area contributed by atoms with E-state index in [4.69, 9.17) is 10.2 Å². The first-order chi connectivity index (χ1) is 48.5. The third kappa shape index (κ3) is 7.78. The van der Waals surface area contributed by atoms with E-state index >= 15 is 0 Å². The van der Waals surface area contributed by atoms with Crippen LogP contribution >= 0.6 is 0 Å². The lowest BCUT2D eigenvalue weighted by Crippen LogP contribution is -2.31. The number of nitrogens with zero attached hydrogens (tertiary/aromatic N) is 6. The second kappa shape index (κ2) is 20.9. The predicted octanol–water partition coefficient (Wildman–Crippen LogP) is 22.7. The average Bonchev–Trinajstić information content (AvgIpc) is 1.59. The Balaban J connectivity index is 0.973. The van der Waals surface area contributed by atoms with Crippen LogP contribution in [0.25, 0.3) is 165 Å². The molecule has 21 aromatic rings. The Kier molecular flexibility index (Phi) is 11.7. The molecular weight excluding hydrogens is 1210 g/mol. The summed E-state index contributed by atoms with van der Waals surface area (Å²) < 4.78 is 15.0. The molecule has 0 saturated carbocycles. The van der Waals surface area contributed by atoms with Gasteiger partial charge in [0.2, 0.25) is 0 Å². The molecule has 6 aromatic heterocycles. The maximum atomic E-state index is 5.23. The summed E-state index contributed by atoms with van der Waals surface area (Å²) in [7, 11) is 5.23. The molecule has 6 nitrogen and oxygen atoms in total. The van der Waals surface area contributed by atoms with E-state index in [0.717, 1.165) is 117 Å². The molecule has 0 N–H and O–H groups in total. The van der Waals surface area contributed by atoms with Gasteiger partial charge in [0, 0.05) is 104 Å². The Labute approximate surface area is 566 Å². The minimum absolute atomic E-state index is 1.03. The number of aromatic nitrogens is 6. The molecule has 3 radical (unpaired) electrons. The quantitative estimate of drug-likeness (QED) is 0.102. The van der Waals surface area contributed by atoms with E-state index in [1.807, 2.05) is 0 Å². The van der Waals surface area contributed by atoms with Crippen molar-refractivity contribution in [2.45, 2.75) is 5.04 Å². The third-order valence-electron chi connectivity index (χ3n) is 21.0. The van der Waals surface area contributed by atoms with E-state index in [-0.39, 0.29) is 0 Å². The molecule has 0 bridgehead atoms. The maximum Gasteiger partial charge on any atom is 0.0541 e. The van der Waals surface area contributed by atoms with Crippen LogP contribution in [-0.2, 0) is 5.04 Å². The van der Waals surface area contributed by atoms with Crippen LogP contribution in [0.5, 0.6) is 0 Å². The second-order valence-corrected chi connectivity index (χ2v) is 26.9. The first-order valence-electron chi connectivity index (χ1n) is 33.6. The lowest BCUT2D eigenvalue weighted by Gasteiger charge is -2.35. The Morgan fingerprint density at radius 1 is 0.153 bits per heavy atom. The highest BCUT2D eigenvalue weighted by molar-refractivity contribution is 6.22. The zero-order valence-corrected chi connectivity index (χ0v) is 54.1. The monoisotopic (exact) mass is 1260 g/mol. The van der Waals surface area contributed by atoms with Crippen LogP contribution in [0.4, 0.5) is 0 Å². The van der Waals surface area contributed by atoms with Crippen molar-refractivity contribution in [2.75, 3.05) is 0 Å². The fraction of sp³-hybridized carbons (Fsp3) is 0.0110. The second-order valence-electron chi connectivity index (χ2n) is 26.2. The lowest BCUT2D eigenvalue weighted by atomic mass is 9.82. The summed E-state index contributed by atoms with van der Waals surface area (Å²) in [4.78, 5) is 0. The maximum absolute atomic E-state index is 5.23. The topological polar surface area (TPSA) is 29.6 Å². The Morgan fingerprint density at radius 3 is 0.388 bits per heavy atom. The predicted molar refractivity (Wildman–Crippen MR) is 411 cm³/mol. The molecule has 6 heterocycles. The van der Waals surface area contributed by atoms with Gasteiger partial charge in [-0.3, -0.25) is 0 Å². The molecule has 0 unspecified atom stereocenters. The van der Waals surface area contributed by atoms with Gasteiger partial charge in [0.1, 0.15) is 0 Å². The Bertz CT molecular complexity index is 5550. The van der Waals surface area contributed by atoms with Crippen LogP contribution in [0.1, 0.15) is 16.7 Å². The molecular formula is C91H57N6Si. The van der Waals surface area contributed by atoms with E-state index in [9.17, 15) is 0 Å². The molecule has 0 fully saturated rings. The van der Waals surface area contributed by atoms with Gasteiger partial charge in [-0.15, -0.1) is 0 Å². The summed E-state index contributed by atoms with van der Waals surface area (Å²) in [6.07, 6.45) is 0. The molecule has 455 valence electrons. The Morgan fingerprint density at radius 2 is 0.265 bits per heavy atom. The molecule has 0 atom stereocenters. The van der Waals surface area contributed by atoms with E-state index in [1.165, 1.54) is 64.6 Å². The highest BCUT2D eigenvalue weighted by atomic mass is 28.1. The molecule has 0 saturated heterocycles. The number of rotatable bonds is 9. The van der Waals surface area contributed by atoms with Crippen molar-refractivity contribution in [1.82, 2.24) is 27.4 Å². The van der Waals surface area contributed by atoms with Crippen molar-refractivity contribution >= 4 is 141 Å². The van der Waals surface area contributed by atoms with Crippen molar-refractivity contribution in [2.24, 2.45) is 0 Å². The van der Waals surface area contributed by atoms with Gasteiger partial charge in [-0.25, -0.2) is 0 Å². The molecule has 0 aliphatic rings.